The van der Waals surface area contributed by atoms with Gasteiger partial charge in [0.15, 0.2) is 11.6 Å². The summed E-state index contributed by atoms with van der Waals surface area (Å²) in [6.45, 7) is 9.72. The van der Waals surface area contributed by atoms with Gasteiger partial charge in [0.05, 0.1) is 6.61 Å². The summed E-state index contributed by atoms with van der Waals surface area (Å²) in [7, 11) is 0. The maximum Gasteiger partial charge on any atom is 0.410 e. The molecule has 3 atom stereocenters. The number of hydrogen-bond acceptors (Lipinski definition) is 5. The van der Waals surface area contributed by atoms with Gasteiger partial charge in [-0.25, -0.2) is 9.18 Å². The van der Waals surface area contributed by atoms with Crippen molar-refractivity contribution in [3.63, 3.8) is 0 Å². The summed E-state index contributed by atoms with van der Waals surface area (Å²) in [5, 5.41) is 0. The molecule has 9 heteroatoms. The fraction of sp³-hybridized carbons (Fsp3) is 0.633. The molecule has 2 N–H and O–H groups in total. The minimum atomic E-state index is -0.519. The minimum Gasteiger partial charge on any atom is -0.490 e. The van der Waals surface area contributed by atoms with Gasteiger partial charge in [0.1, 0.15) is 11.6 Å². The second-order valence-electron chi connectivity index (χ2n) is 12.2. The molecular formula is C30H42FN3O5. The summed E-state index contributed by atoms with van der Waals surface area (Å²) >= 11 is 0. The first-order chi connectivity index (χ1) is 18.4. The number of allylic oxidation sites excluding steroid dienone is 2. The number of primary amides is 1. The molecule has 3 amide bonds. The number of rotatable bonds is 6. The van der Waals surface area contributed by atoms with Crippen LogP contribution in [0.4, 0.5) is 9.18 Å². The summed E-state index contributed by atoms with van der Waals surface area (Å²) in [6.07, 6.45) is 6.04. The zero-order chi connectivity index (χ0) is 28.3. The Balaban J connectivity index is 1.30. The van der Waals surface area contributed by atoms with E-state index in [2.05, 4.69) is 6.08 Å². The van der Waals surface area contributed by atoms with E-state index in [0.717, 1.165) is 30.4 Å². The van der Waals surface area contributed by atoms with Crippen LogP contribution in [0.3, 0.4) is 0 Å². The molecule has 2 heterocycles. The second-order valence-corrected chi connectivity index (χ2v) is 12.2. The smallest absolute Gasteiger partial charge is 0.410 e. The first kappa shape index (κ1) is 28.9. The van der Waals surface area contributed by atoms with Gasteiger partial charge in [0.2, 0.25) is 11.8 Å². The van der Waals surface area contributed by atoms with Gasteiger partial charge in [-0.05, 0) is 94.4 Å². The van der Waals surface area contributed by atoms with E-state index >= 15 is 0 Å². The van der Waals surface area contributed by atoms with Crippen molar-refractivity contribution in [3.8, 4) is 5.75 Å². The third kappa shape index (κ3) is 7.11. The van der Waals surface area contributed by atoms with Gasteiger partial charge in [-0.2, -0.15) is 0 Å². The van der Waals surface area contributed by atoms with Gasteiger partial charge < -0.3 is 25.0 Å². The van der Waals surface area contributed by atoms with E-state index in [4.69, 9.17) is 15.2 Å². The van der Waals surface area contributed by atoms with Gasteiger partial charge >= 0.3 is 6.09 Å². The molecule has 1 aromatic carbocycles. The van der Waals surface area contributed by atoms with Gasteiger partial charge in [0.25, 0.3) is 0 Å². The largest absolute Gasteiger partial charge is 0.490 e. The van der Waals surface area contributed by atoms with E-state index in [1.165, 1.54) is 6.07 Å². The molecule has 0 radical (unpaired) electrons. The summed E-state index contributed by atoms with van der Waals surface area (Å²) in [5.74, 6) is -0.632. The molecule has 0 aromatic heterocycles. The lowest BCUT2D eigenvalue weighted by Gasteiger charge is -2.33. The lowest BCUT2D eigenvalue weighted by atomic mass is 9.79. The Morgan fingerprint density at radius 2 is 1.79 bits per heavy atom. The highest BCUT2D eigenvalue weighted by Crippen LogP contribution is 2.37. The van der Waals surface area contributed by atoms with Crippen LogP contribution in [-0.2, 0) is 14.3 Å². The van der Waals surface area contributed by atoms with Crippen molar-refractivity contribution in [1.82, 2.24) is 9.80 Å². The number of amides is 3. The molecule has 39 heavy (non-hydrogen) atoms. The van der Waals surface area contributed by atoms with Gasteiger partial charge in [-0.3, -0.25) is 9.59 Å². The van der Waals surface area contributed by atoms with Crippen LogP contribution in [0.5, 0.6) is 5.75 Å². The quantitative estimate of drug-likeness (QED) is 0.558. The highest BCUT2D eigenvalue weighted by Gasteiger charge is 2.38. The van der Waals surface area contributed by atoms with Crippen LogP contribution in [0.1, 0.15) is 71.8 Å². The summed E-state index contributed by atoms with van der Waals surface area (Å²) in [6, 6.07) is 4.54. The van der Waals surface area contributed by atoms with Crippen molar-refractivity contribution in [2.24, 2.45) is 23.5 Å². The average molecular weight is 544 g/mol. The topological polar surface area (TPSA) is 102 Å². The maximum atomic E-state index is 15.0. The van der Waals surface area contributed by atoms with Crippen molar-refractivity contribution in [1.29, 1.82) is 0 Å². The fourth-order valence-corrected chi connectivity index (χ4v) is 5.85. The molecule has 2 saturated heterocycles. The molecule has 2 aliphatic heterocycles. The Kier molecular flexibility index (Phi) is 8.86. The number of ether oxygens (including phenoxy) is 2. The molecule has 1 aliphatic carbocycles. The monoisotopic (exact) mass is 543 g/mol. The highest BCUT2D eigenvalue weighted by atomic mass is 19.1. The third-order valence-electron chi connectivity index (χ3n) is 8.05. The van der Waals surface area contributed by atoms with Crippen molar-refractivity contribution in [2.45, 2.75) is 77.9 Å². The fourth-order valence-electron chi connectivity index (χ4n) is 5.85. The Labute approximate surface area is 230 Å². The molecule has 0 spiro atoms. The van der Waals surface area contributed by atoms with Crippen molar-refractivity contribution in [3.05, 3.63) is 35.7 Å². The Morgan fingerprint density at radius 3 is 2.41 bits per heavy atom. The maximum absolute atomic E-state index is 15.0. The van der Waals surface area contributed by atoms with Crippen LogP contribution in [0.2, 0.25) is 0 Å². The number of nitrogens with two attached hydrogens (primary N) is 1. The zero-order valence-corrected chi connectivity index (χ0v) is 23.6. The van der Waals surface area contributed by atoms with E-state index in [9.17, 15) is 18.8 Å². The lowest BCUT2D eigenvalue weighted by Crippen LogP contribution is -2.47. The molecular weight excluding hydrogens is 501 g/mol. The number of nitrogens with zero attached hydrogens (tertiary/aromatic N) is 2. The second kappa shape index (κ2) is 12.0. The van der Waals surface area contributed by atoms with E-state index in [0.29, 0.717) is 45.5 Å². The predicted molar refractivity (Wildman–Crippen MR) is 146 cm³/mol. The molecule has 3 aliphatic rings. The van der Waals surface area contributed by atoms with Crippen molar-refractivity contribution < 1.29 is 28.2 Å². The van der Waals surface area contributed by atoms with Crippen LogP contribution in [0.25, 0.3) is 5.57 Å². The average Bonchev–Trinajstić information content (AvgIpc) is 3.37. The standard InChI is InChI=1S/C30H42FN3O5/c1-19-16-21(7-9-23(19)28(36)34-13-5-6-25(34)27(32)35)22-8-10-26(24(31)17-22)38-18-20-11-14-33(15-12-20)29(37)39-30(2,3)4/h8,10,16-17,19-20,23,25H,5-7,9,11-15,18H2,1-4H3,(H2,32,35)/t19-,23?,25?/m1/s1. The molecule has 1 aromatic rings. The van der Waals surface area contributed by atoms with Crippen LogP contribution in [0, 0.1) is 23.6 Å². The highest BCUT2D eigenvalue weighted by molar-refractivity contribution is 5.89. The molecule has 8 nitrogen and oxygen atoms in total. The van der Waals surface area contributed by atoms with Gasteiger partial charge in [-0.15, -0.1) is 0 Å². The summed E-state index contributed by atoms with van der Waals surface area (Å²) in [4.78, 5) is 40.5. The van der Waals surface area contributed by atoms with E-state index in [1.54, 1.807) is 15.9 Å². The Morgan fingerprint density at radius 1 is 1.08 bits per heavy atom. The SMILES string of the molecule is C[C@@H]1C=C(c2ccc(OCC3CCN(C(=O)OC(C)(C)C)CC3)c(F)c2)CCC1C(=O)N1CCCC1C(N)=O. The molecule has 2 fully saturated rings. The Bertz CT molecular complexity index is 1110. The van der Waals surface area contributed by atoms with Crippen molar-refractivity contribution in [2.75, 3.05) is 26.2 Å². The number of benzene rings is 1. The molecule has 2 unspecified atom stereocenters. The molecule has 214 valence electrons. The van der Waals surface area contributed by atoms with Crippen LogP contribution in [0.15, 0.2) is 24.3 Å². The Hall–Kier alpha value is -3.10. The molecule has 0 bridgehead atoms. The number of carbonyl (C=O) groups is 3. The van der Waals surface area contributed by atoms with E-state index in [1.807, 2.05) is 33.8 Å². The summed E-state index contributed by atoms with van der Waals surface area (Å²) < 4.78 is 26.3. The van der Waals surface area contributed by atoms with Crippen LogP contribution >= 0.6 is 0 Å². The van der Waals surface area contributed by atoms with E-state index in [-0.39, 0.29) is 35.5 Å². The van der Waals surface area contributed by atoms with Crippen LogP contribution in [-0.4, -0.2) is 65.6 Å². The lowest BCUT2D eigenvalue weighted by molar-refractivity contribution is -0.141. The summed E-state index contributed by atoms with van der Waals surface area (Å²) in [5.41, 5.74) is 6.79. The minimum absolute atomic E-state index is 0.00837. The number of carbonyl (C=O) groups excluding carboxylic acids is 3. The van der Waals surface area contributed by atoms with E-state index < -0.39 is 23.4 Å². The van der Waals surface area contributed by atoms with Gasteiger partial charge in [0, 0.05) is 25.6 Å². The van der Waals surface area contributed by atoms with Crippen molar-refractivity contribution >= 4 is 23.5 Å². The third-order valence-corrected chi connectivity index (χ3v) is 8.05. The predicted octanol–water partition coefficient (Wildman–Crippen LogP) is 4.76. The zero-order valence-electron chi connectivity index (χ0n) is 23.6. The number of piperidine rings is 1. The number of halogens is 1. The number of likely N-dealkylation sites (tertiary alicyclic amines) is 2. The van der Waals surface area contributed by atoms with Crippen LogP contribution < -0.4 is 10.5 Å². The molecule has 0 saturated carbocycles. The number of hydrogen-bond donors (Lipinski definition) is 1. The normalized spacial score (nSPS) is 24.3. The first-order valence-electron chi connectivity index (χ1n) is 14.1. The van der Waals surface area contributed by atoms with Gasteiger partial charge in [-0.1, -0.05) is 19.1 Å². The molecule has 4 rings (SSSR count). The first-order valence-corrected chi connectivity index (χ1v) is 14.1.